The Morgan fingerprint density at radius 1 is 0.958 bits per heavy atom. The van der Waals surface area contributed by atoms with Crippen LogP contribution < -0.4 is 4.90 Å². The Kier molecular flexibility index (Phi) is 5.18. The van der Waals surface area contributed by atoms with Gasteiger partial charge in [-0.3, -0.25) is 9.74 Å². The van der Waals surface area contributed by atoms with Crippen LogP contribution in [0.4, 0.5) is 5.69 Å². The highest BCUT2D eigenvalue weighted by Crippen LogP contribution is 2.18. The van der Waals surface area contributed by atoms with Crippen molar-refractivity contribution in [3.63, 3.8) is 0 Å². The van der Waals surface area contributed by atoms with E-state index in [2.05, 4.69) is 44.2 Å². The Morgan fingerprint density at radius 2 is 1.62 bits per heavy atom. The maximum atomic E-state index is 11.4. The van der Waals surface area contributed by atoms with E-state index in [-0.39, 0.29) is 0 Å². The molecule has 124 valence electrons. The highest BCUT2D eigenvalue weighted by Gasteiger charge is 2.18. The van der Waals surface area contributed by atoms with Crippen molar-refractivity contribution in [1.29, 1.82) is 0 Å². The van der Waals surface area contributed by atoms with Crippen molar-refractivity contribution in [2.24, 2.45) is 5.34 Å². The number of hydrogen-bond acceptors (Lipinski definition) is 6. The zero-order chi connectivity index (χ0) is 16.8. The van der Waals surface area contributed by atoms with Crippen molar-refractivity contribution in [1.82, 2.24) is 4.90 Å². The van der Waals surface area contributed by atoms with Gasteiger partial charge in [0.1, 0.15) is 0 Å². The first-order chi connectivity index (χ1) is 11.8. The van der Waals surface area contributed by atoms with E-state index in [9.17, 15) is 9.70 Å². The maximum absolute atomic E-state index is 11.4. The summed E-state index contributed by atoms with van der Waals surface area (Å²) in [5.74, 6) is -0.732. The fourth-order valence-electron chi connectivity index (χ4n) is 2.90. The molecule has 1 aliphatic rings. The van der Waals surface area contributed by atoms with Gasteiger partial charge in [-0.15, -0.1) is 4.91 Å². The first-order valence-electron chi connectivity index (χ1n) is 7.91. The van der Waals surface area contributed by atoms with Crippen molar-refractivity contribution in [2.75, 3.05) is 31.1 Å². The van der Waals surface area contributed by atoms with Gasteiger partial charge >= 0.3 is 5.97 Å². The van der Waals surface area contributed by atoms with Crippen LogP contribution in [0.25, 0.3) is 0 Å². The number of carbonyl (C=O) groups excluding carboxylic acids is 1. The summed E-state index contributed by atoms with van der Waals surface area (Å²) in [4.78, 5) is 30.2. The Balaban J connectivity index is 1.54. The van der Waals surface area contributed by atoms with Gasteiger partial charge in [0.05, 0.1) is 5.56 Å². The molecule has 2 aromatic rings. The SMILES string of the molecule is O=NOC(=O)c1ccc(N2CCN(Cc3ccccc3)CC2)cc1. The lowest BCUT2D eigenvalue weighted by molar-refractivity contribution is 0.0508. The van der Waals surface area contributed by atoms with Gasteiger partial charge in [0.25, 0.3) is 0 Å². The summed E-state index contributed by atoms with van der Waals surface area (Å²) in [7, 11) is 0. The Bertz CT molecular complexity index is 680. The van der Waals surface area contributed by atoms with Crippen LogP contribution in [0.3, 0.4) is 0 Å². The van der Waals surface area contributed by atoms with Gasteiger partial charge in [-0.05, 0) is 29.8 Å². The van der Waals surface area contributed by atoms with Crippen LogP contribution >= 0.6 is 0 Å². The number of hydrogen-bond donors (Lipinski definition) is 0. The molecule has 0 N–H and O–H groups in total. The van der Waals surface area contributed by atoms with Gasteiger partial charge < -0.3 is 4.90 Å². The summed E-state index contributed by atoms with van der Waals surface area (Å²) in [5.41, 5.74) is 2.71. The molecule has 0 aliphatic carbocycles. The predicted octanol–water partition coefficient (Wildman–Crippen LogP) is 2.85. The maximum Gasteiger partial charge on any atom is 0.369 e. The first kappa shape index (κ1) is 16.1. The van der Waals surface area contributed by atoms with Crippen LogP contribution in [-0.4, -0.2) is 37.0 Å². The minimum atomic E-state index is -0.732. The normalized spacial score (nSPS) is 15.1. The summed E-state index contributed by atoms with van der Waals surface area (Å²) in [6, 6.07) is 17.5. The van der Waals surface area contributed by atoms with Crippen LogP contribution in [0.15, 0.2) is 59.9 Å². The number of piperazine rings is 1. The molecule has 24 heavy (non-hydrogen) atoms. The molecule has 1 fully saturated rings. The molecule has 0 unspecified atom stereocenters. The average molecular weight is 325 g/mol. The molecule has 2 aromatic carbocycles. The minimum Gasteiger partial charge on any atom is -0.369 e. The van der Waals surface area contributed by atoms with E-state index < -0.39 is 5.97 Å². The first-order valence-corrected chi connectivity index (χ1v) is 7.91. The molecule has 0 spiro atoms. The van der Waals surface area contributed by atoms with Crippen molar-refractivity contribution in [3.8, 4) is 0 Å². The molecule has 0 saturated carbocycles. The van der Waals surface area contributed by atoms with Crippen molar-refractivity contribution in [3.05, 3.63) is 70.6 Å². The van der Waals surface area contributed by atoms with E-state index in [1.807, 2.05) is 18.2 Å². The third-order valence-electron chi connectivity index (χ3n) is 4.21. The molecule has 0 aromatic heterocycles. The standard InChI is InChI=1S/C18H19N3O3/c22-18(24-19-23)16-6-8-17(9-7-16)21-12-10-20(11-13-21)14-15-4-2-1-3-5-15/h1-9H,10-14H2. The lowest BCUT2D eigenvalue weighted by Crippen LogP contribution is -2.45. The van der Waals surface area contributed by atoms with Gasteiger partial charge in [0.15, 0.2) is 5.34 Å². The fraction of sp³-hybridized carbons (Fsp3) is 0.278. The summed E-state index contributed by atoms with van der Waals surface area (Å²) < 4.78 is 0. The van der Waals surface area contributed by atoms with E-state index >= 15 is 0 Å². The second-order valence-electron chi connectivity index (χ2n) is 5.75. The van der Waals surface area contributed by atoms with Crippen molar-refractivity contribution < 1.29 is 9.63 Å². The highest BCUT2D eigenvalue weighted by molar-refractivity contribution is 5.89. The third kappa shape index (κ3) is 3.97. The van der Waals surface area contributed by atoms with Gasteiger partial charge in [0.2, 0.25) is 0 Å². The largest absolute Gasteiger partial charge is 0.369 e. The van der Waals surface area contributed by atoms with Crippen LogP contribution in [0.1, 0.15) is 15.9 Å². The minimum absolute atomic E-state index is 0.320. The van der Waals surface area contributed by atoms with Gasteiger partial charge in [0, 0.05) is 38.4 Å². The monoisotopic (exact) mass is 325 g/mol. The lowest BCUT2D eigenvalue weighted by atomic mass is 10.1. The summed E-state index contributed by atoms with van der Waals surface area (Å²) in [5, 5.41) is 2.15. The quantitative estimate of drug-likeness (QED) is 0.625. The lowest BCUT2D eigenvalue weighted by Gasteiger charge is -2.36. The van der Waals surface area contributed by atoms with E-state index in [4.69, 9.17) is 0 Å². The molecular weight excluding hydrogens is 306 g/mol. The van der Waals surface area contributed by atoms with Crippen molar-refractivity contribution >= 4 is 11.7 Å². The number of carbonyl (C=O) groups is 1. The number of rotatable bonds is 5. The Hall–Kier alpha value is -2.73. The number of nitrogens with zero attached hydrogens (tertiary/aromatic N) is 3. The van der Waals surface area contributed by atoms with Crippen LogP contribution in [-0.2, 0) is 11.4 Å². The van der Waals surface area contributed by atoms with E-state index in [1.54, 1.807) is 12.1 Å². The van der Waals surface area contributed by atoms with Crippen LogP contribution in [0, 0.1) is 4.91 Å². The molecule has 0 bridgehead atoms. The zero-order valence-corrected chi connectivity index (χ0v) is 13.3. The fourth-order valence-corrected chi connectivity index (χ4v) is 2.90. The highest BCUT2D eigenvalue weighted by atomic mass is 16.7. The molecule has 0 atom stereocenters. The topological polar surface area (TPSA) is 62.2 Å². The van der Waals surface area contributed by atoms with Gasteiger partial charge in [-0.2, -0.15) is 0 Å². The summed E-state index contributed by atoms with van der Waals surface area (Å²) >= 11 is 0. The van der Waals surface area contributed by atoms with Gasteiger partial charge in [-0.25, -0.2) is 4.79 Å². The van der Waals surface area contributed by atoms with Crippen molar-refractivity contribution in [2.45, 2.75) is 6.54 Å². The van der Waals surface area contributed by atoms with Gasteiger partial charge in [-0.1, -0.05) is 30.3 Å². The average Bonchev–Trinajstić information content (AvgIpc) is 2.64. The molecule has 6 heteroatoms. The molecule has 0 radical (unpaired) electrons. The molecule has 6 nitrogen and oxygen atoms in total. The van der Waals surface area contributed by atoms with Crippen LogP contribution in [0.2, 0.25) is 0 Å². The second-order valence-corrected chi connectivity index (χ2v) is 5.75. The molecular formula is C18H19N3O3. The van der Waals surface area contributed by atoms with E-state index in [0.29, 0.717) is 5.56 Å². The summed E-state index contributed by atoms with van der Waals surface area (Å²) in [6.45, 7) is 4.83. The second kappa shape index (κ2) is 7.70. The molecule has 0 amide bonds. The predicted molar refractivity (Wildman–Crippen MR) is 91.6 cm³/mol. The molecule has 3 rings (SSSR count). The van der Waals surface area contributed by atoms with E-state index in [0.717, 1.165) is 38.4 Å². The zero-order valence-electron chi connectivity index (χ0n) is 13.3. The van der Waals surface area contributed by atoms with Crippen LogP contribution in [0.5, 0.6) is 0 Å². The molecule has 1 aliphatic heterocycles. The Morgan fingerprint density at radius 3 is 2.25 bits per heavy atom. The number of anilines is 1. The van der Waals surface area contributed by atoms with E-state index in [1.165, 1.54) is 5.56 Å². The Labute approximate surface area is 140 Å². The smallest absolute Gasteiger partial charge is 0.369 e. The third-order valence-corrected chi connectivity index (χ3v) is 4.21. The molecule has 1 saturated heterocycles. The molecule has 1 heterocycles. The number of benzene rings is 2. The summed E-state index contributed by atoms with van der Waals surface area (Å²) in [6.07, 6.45) is 0.